The van der Waals surface area contributed by atoms with E-state index in [-0.39, 0.29) is 26.3 Å². The molecule has 1 aromatic carbocycles. The molecule has 0 saturated carbocycles. The predicted octanol–water partition coefficient (Wildman–Crippen LogP) is 4.64. The first kappa shape index (κ1) is 27.3. The van der Waals surface area contributed by atoms with E-state index in [4.69, 9.17) is 27.4 Å². The Bertz CT molecular complexity index is 1020. The number of aromatic nitrogens is 2. The van der Waals surface area contributed by atoms with Gasteiger partial charge in [-0.05, 0) is 74.6 Å². The molecule has 1 atom stereocenters. The third kappa shape index (κ3) is 5.74. The normalized spacial score (nSPS) is 17.1. The van der Waals surface area contributed by atoms with E-state index in [9.17, 15) is 13.0 Å². The minimum atomic E-state index is -4.00. The van der Waals surface area contributed by atoms with Crippen LogP contribution in [-0.4, -0.2) is 61.1 Å². The van der Waals surface area contributed by atoms with Crippen LogP contribution in [0.25, 0.3) is 0 Å². The average molecular weight is 540 g/mol. The lowest BCUT2D eigenvalue weighted by Gasteiger charge is -2.24. The molecule has 2 aromatic rings. The highest BCUT2D eigenvalue weighted by molar-refractivity contribution is 8.00. The summed E-state index contributed by atoms with van der Waals surface area (Å²) in [5, 5.41) is 7.62. The fraction of sp³-hybridized carbons (Fsp3) is 0.591. The Labute approximate surface area is 211 Å². The molecule has 0 amide bonds. The number of anilines is 1. The van der Waals surface area contributed by atoms with Crippen molar-refractivity contribution in [2.75, 3.05) is 44.1 Å². The molecule has 2 heterocycles. The van der Waals surface area contributed by atoms with Gasteiger partial charge in [-0.2, -0.15) is 13.9 Å². The average Bonchev–Trinajstić information content (AvgIpc) is 2.94. The van der Waals surface area contributed by atoms with E-state index in [1.54, 1.807) is 33.0 Å². The number of halogens is 4. The largest absolute Gasteiger partial charge is 0.359 e. The van der Waals surface area contributed by atoms with E-state index in [1.807, 2.05) is 0 Å². The molecule has 1 unspecified atom stereocenters. The van der Waals surface area contributed by atoms with Gasteiger partial charge in [0.1, 0.15) is 15.7 Å². The van der Waals surface area contributed by atoms with Gasteiger partial charge < -0.3 is 10.2 Å². The molecule has 0 spiro atoms. The molecular weight excluding hydrogens is 507 g/mol. The van der Waals surface area contributed by atoms with Crippen LogP contribution in [0.15, 0.2) is 17.0 Å². The van der Waals surface area contributed by atoms with Crippen LogP contribution in [0.2, 0.25) is 10.0 Å². The van der Waals surface area contributed by atoms with Gasteiger partial charge in [0, 0.05) is 20.1 Å². The lowest BCUT2D eigenvalue weighted by molar-refractivity contribution is 0.158. The van der Waals surface area contributed by atoms with Gasteiger partial charge in [-0.25, -0.2) is 0 Å². The molecule has 34 heavy (non-hydrogen) atoms. The van der Waals surface area contributed by atoms with Crippen molar-refractivity contribution in [2.45, 2.75) is 44.6 Å². The summed E-state index contributed by atoms with van der Waals surface area (Å²) in [6, 6.07) is 3.27. The Hall–Kier alpha value is -1.30. The summed E-state index contributed by atoms with van der Waals surface area (Å²) in [7, 11) is -1.27. The number of hydrogen-bond donors (Lipinski definition) is 1. The zero-order valence-corrected chi connectivity index (χ0v) is 22.2. The van der Waals surface area contributed by atoms with Crippen molar-refractivity contribution in [1.29, 1.82) is 0 Å². The van der Waals surface area contributed by atoms with Crippen molar-refractivity contribution in [3.05, 3.63) is 39.1 Å². The second kappa shape index (κ2) is 11.6. The molecule has 1 saturated heterocycles. The zero-order valence-electron chi connectivity index (χ0n) is 19.9. The molecule has 0 radical (unpaired) electrons. The van der Waals surface area contributed by atoms with E-state index < -0.39 is 16.9 Å². The number of benzene rings is 1. The number of nitrogens with zero attached hydrogens (tertiary/aromatic N) is 4. The fourth-order valence-electron chi connectivity index (χ4n) is 4.30. The Balaban J connectivity index is 1.89. The van der Waals surface area contributed by atoms with Crippen molar-refractivity contribution in [2.24, 2.45) is 7.05 Å². The third-order valence-corrected chi connectivity index (χ3v) is 9.13. The van der Waals surface area contributed by atoms with Gasteiger partial charge in [-0.3, -0.25) is 4.68 Å². The topological polar surface area (TPSA) is 62.6 Å². The Morgan fingerprint density at radius 3 is 2.47 bits per heavy atom. The summed E-state index contributed by atoms with van der Waals surface area (Å²) < 4.78 is 49.9. The monoisotopic (exact) mass is 538 g/mol. The van der Waals surface area contributed by atoms with E-state index in [0.717, 1.165) is 58.2 Å². The third-order valence-electron chi connectivity index (χ3n) is 6.04. The highest BCUT2D eigenvalue weighted by atomic mass is 35.5. The van der Waals surface area contributed by atoms with Crippen LogP contribution in [0.3, 0.4) is 0 Å². The second-order valence-electron chi connectivity index (χ2n) is 8.33. The smallest absolute Gasteiger partial charge is 0.315 e. The molecule has 7 nitrogen and oxygen atoms in total. The maximum Gasteiger partial charge on any atom is 0.359 e. The molecule has 12 heteroatoms. The Kier molecular flexibility index (Phi) is 9.33. The lowest BCUT2D eigenvalue weighted by Crippen LogP contribution is -2.42. The highest BCUT2D eigenvalue weighted by Gasteiger charge is 2.52. The fourth-order valence-corrected chi connectivity index (χ4v) is 7.27. The van der Waals surface area contributed by atoms with Crippen LogP contribution in [0.4, 0.5) is 14.5 Å². The SMILES string of the molecule is CO[S+](=O)(c1c(Cl)cc(CCCN2CCCNCC2)cc1Cl)N(c1c(C)nn(C)c1C)C(F)F. The molecular formula is C22H32Cl2F2N5O2S+. The Morgan fingerprint density at radius 2 is 1.91 bits per heavy atom. The quantitative estimate of drug-likeness (QED) is 0.372. The van der Waals surface area contributed by atoms with Gasteiger partial charge in [0.05, 0.1) is 18.5 Å². The summed E-state index contributed by atoms with van der Waals surface area (Å²) in [5.41, 5.74) is 1.57. The molecule has 0 aliphatic carbocycles. The predicted molar refractivity (Wildman–Crippen MR) is 133 cm³/mol. The molecule has 3 rings (SSSR count). The summed E-state index contributed by atoms with van der Waals surface area (Å²) in [4.78, 5) is 2.25. The number of aryl methyl sites for hydroxylation is 3. The first-order chi connectivity index (χ1) is 16.1. The summed E-state index contributed by atoms with van der Waals surface area (Å²) in [5.74, 6) is 0. The summed E-state index contributed by atoms with van der Waals surface area (Å²) in [6.07, 6.45) is 2.72. The standard InChI is InChI=1S/C22H32Cl2F2N5O2S/c1-15-20(16(2)29(3)28-15)31(22(25)26)34(32,33-4)21-18(23)13-17(14-19(21)24)7-5-10-30-11-6-8-27-9-12-30/h13-14,22,27H,5-12H2,1-4H3/q+1. The van der Waals surface area contributed by atoms with Gasteiger partial charge in [0.15, 0.2) is 0 Å². The van der Waals surface area contributed by atoms with Gasteiger partial charge in [-0.1, -0.05) is 27.5 Å². The van der Waals surface area contributed by atoms with Crippen LogP contribution in [0.1, 0.15) is 29.8 Å². The van der Waals surface area contributed by atoms with Crippen molar-refractivity contribution < 1.29 is 17.2 Å². The maximum atomic E-state index is 14.4. The zero-order chi connectivity index (χ0) is 25.0. The van der Waals surface area contributed by atoms with Crippen LogP contribution < -0.4 is 9.62 Å². The van der Waals surface area contributed by atoms with Gasteiger partial charge in [-0.15, -0.1) is 4.18 Å². The lowest BCUT2D eigenvalue weighted by atomic mass is 10.1. The second-order valence-corrected chi connectivity index (χ2v) is 11.2. The van der Waals surface area contributed by atoms with E-state index >= 15 is 0 Å². The molecule has 1 aliphatic rings. The molecule has 190 valence electrons. The summed E-state index contributed by atoms with van der Waals surface area (Å²) in [6.45, 7) is 5.06. The van der Waals surface area contributed by atoms with Gasteiger partial charge in [0.25, 0.3) is 4.90 Å². The number of alkyl halides is 2. The van der Waals surface area contributed by atoms with Crippen LogP contribution in [-0.2, 0) is 32.3 Å². The van der Waals surface area contributed by atoms with E-state index in [1.165, 1.54) is 4.68 Å². The van der Waals surface area contributed by atoms with Crippen LogP contribution >= 0.6 is 23.2 Å². The van der Waals surface area contributed by atoms with Crippen molar-refractivity contribution >= 4 is 39.3 Å². The van der Waals surface area contributed by atoms with Gasteiger partial charge >= 0.3 is 16.9 Å². The Morgan fingerprint density at radius 1 is 1.24 bits per heavy atom. The van der Waals surface area contributed by atoms with Crippen molar-refractivity contribution in [3.63, 3.8) is 0 Å². The first-order valence-corrected chi connectivity index (χ1v) is 13.4. The minimum Gasteiger partial charge on any atom is -0.315 e. The van der Waals surface area contributed by atoms with Crippen LogP contribution in [0, 0.1) is 13.8 Å². The van der Waals surface area contributed by atoms with Crippen molar-refractivity contribution in [3.8, 4) is 0 Å². The van der Waals surface area contributed by atoms with E-state index in [2.05, 4.69) is 15.3 Å². The van der Waals surface area contributed by atoms with Crippen LogP contribution in [0.5, 0.6) is 0 Å². The maximum absolute atomic E-state index is 14.4. The van der Waals surface area contributed by atoms with Crippen molar-refractivity contribution in [1.82, 2.24) is 20.0 Å². The molecule has 1 aliphatic heterocycles. The molecule has 0 bridgehead atoms. The molecule has 1 fully saturated rings. The highest BCUT2D eigenvalue weighted by Crippen LogP contribution is 2.43. The number of hydrogen-bond acceptors (Lipinski definition) is 5. The van der Waals surface area contributed by atoms with E-state index in [0.29, 0.717) is 16.4 Å². The van der Waals surface area contributed by atoms with Gasteiger partial charge in [0.2, 0.25) is 0 Å². The minimum absolute atomic E-state index is 0.0208. The summed E-state index contributed by atoms with van der Waals surface area (Å²) >= 11 is 13.0. The number of nitrogens with one attached hydrogen (secondary N) is 1. The molecule has 1 N–H and O–H groups in total. The molecule has 1 aromatic heterocycles. The first-order valence-electron chi connectivity index (χ1n) is 11.2. The number of rotatable bonds is 9.